The summed E-state index contributed by atoms with van der Waals surface area (Å²) in [4.78, 5) is 25.2. The lowest BCUT2D eigenvalue weighted by atomic mass is 10.2. The van der Waals surface area contributed by atoms with Gasteiger partial charge in [-0.05, 0) is 19.8 Å². The number of fused-ring (bicyclic) bond motifs is 3. The predicted octanol–water partition coefficient (Wildman–Crippen LogP) is 1.50. The standard InChI is InChI=1S/C13H16N6O.C2H6/c1-7-11-9(17-16-7)5-14-13(15-11)19-8-3-4-10(19)12(20)18(2)6-8;1-2/h5,8,10H,3-4,6H2,1-2H3,(H,16,17);1-2H3. The van der Waals surface area contributed by atoms with E-state index in [0.29, 0.717) is 12.0 Å². The van der Waals surface area contributed by atoms with Crippen LogP contribution < -0.4 is 4.90 Å². The molecule has 4 heterocycles. The predicted molar refractivity (Wildman–Crippen MR) is 84.7 cm³/mol. The summed E-state index contributed by atoms with van der Waals surface area (Å²) in [5.41, 5.74) is 2.52. The molecule has 2 saturated heterocycles. The zero-order valence-corrected chi connectivity index (χ0v) is 13.5. The van der Waals surface area contributed by atoms with Gasteiger partial charge in [-0.2, -0.15) is 5.10 Å². The van der Waals surface area contributed by atoms with Gasteiger partial charge in [0, 0.05) is 13.6 Å². The molecule has 2 fully saturated rings. The fraction of sp³-hybridized carbons (Fsp3) is 0.600. The molecule has 2 aliphatic heterocycles. The van der Waals surface area contributed by atoms with E-state index in [4.69, 9.17) is 0 Å². The fourth-order valence-electron chi connectivity index (χ4n) is 3.31. The Hall–Kier alpha value is -2.18. The van der Waals surface area contributed by atoms with Gasteiger partial charge in [0.05, 0.1) is 17.9 Å². The van der Waals surface area contributed by atoms with Crippen molar-refractivity contribution in [2.24, 2.45) is 0 Å². The van der Waals surface area contributed by atoms with Crippen molar-refractivity contribution in [2.45, 2.75) is 45.7 Å². The average molecular weight is 302 g/mol. The van der Waals surface area contributed by atoms with Crippen molar-refractivity contribution in [2.75, 3.05) is 18.5 Å². The molecule has 4 rings (SSSR count). The van der Waals surface area contributed by atoms with E-state index in [1.165, 1.54) is 0 Å². The van der Waals surface area contributed by atoms with Gasteiger partial charge >= 0.3 is 0 Å². The lowest BCUT2D eigenvalue weighted by Crippen LogP contribution is -2.56. The molecular weight excluding hydrogens is 280 g/mol. The molecule has 2 unspecified atom stereocenters. The zero-order chi connectivity index (χ0) is 15.9. The van der Waals surface area contributed by atoms with Gasteiger partial charge < -0.3 is 9.80 Å². The molecule has 22 heavy (non-hydrogen) atoms. The monoisotopic (exact) mass is 302 g/mol. The number of likely N-dealkylation sites (tertiary alicyclic amines) is 1. The van der Waals surface area contributed by atoms with E-state index in [-0.39, 0.29) is 11.9 Å². The van der Waals surface area contributed by atoms with Gasteiger partial charge in [0.25, 0.3) is 0 Å². The summed E-state index contributed by atoms with van der Waals surface area (Å²) in [7, 11) is 1.87. The van der Waals surface area contributed by atoms with E-state index < -0.39 is 0 Å². The first kappa shape index (κ1) is 14.7. The maximum atomic E-state index is 12.3. The number of aromatic nitrogens is 4. The Morgan fingerprint density at radius 3 is 2.86 bits per heavy atom. The van der Waals surface area contributed by atoms with E-state index in [9.17, 15) is 4.79 Å². The van der Waals surface area contributed by atoms with Gasteiger partial charge in [0.1, 0.15) is 17.1 Å². The van der Waals surface area contributed by atoms with Crippen LogP contribution in [-0.2, 0) is 4.79 Å². The van der Waals surface area contributed by atoms with Crippen LogP contribution in [0.2, 0.25) is 0 Å². The molecule has 7 nitrogen and oxygen atoms in total. The molecule has 0 saturated carbocycles. The Morgan fingerprint density at radius 2 is 2.09 bits per heavy atom. The van der Waals surface area contributed by atoms with Gasteiger partial charge in [-0.1, -0.05) is 13.8 Å². The number of likely N-dealkylation sites (N-methyl/N-ethyl adjacent to an activating group) is 1. The molecule has 0 spiro atoms. The van der Waals surface area contributed by atoms with Crippen molar-refractivity contribution in [3.05, 3.63) is 11.9 Å². The number of aromatic amines is 1. The number of aryl methyl sites for hydroxylation is 1. The van der Waals surface area contributed by atoms with Crippen molar-refractivity contribution in [1.82, 2.24) is 25.1 Å². The molecule has 0 radical (unpaired) electrons. The second-order valence-corrected chi connectivity index (χ2v) is 5.63. The summed E-state index contributed by atoms with van der Waals surface area (Å²) in [6.07, 6.45) is 3.63. The number of hydrogen-bond donors (Lipinski definition) is 1. The van der Waals surface area contributed by atoms with E-state index in [1.54, 1.807) is 6.20 Å². The Labute approximate surface area is 129 Å². The second-order valence-electron chi connectivity index (χ2n) is 5.63. The summed E-state index contributed by atoms with van der Waals surface area (Å²) in [5, 5.41) is 7.06. The number of carbonyl (C=O) groups is 1. The quantitative estimate of drug-likeness (QED) is 0.863. The van der Waals surface area contributed by atoms with Crippen LogP contribution in [0.25, 0.3) is 11.0 Å². The SMILES string of the molecule is CC.Cc1[nH]nc2cnc(N3C4CCC3C(=O)N(C)C4)nc12. The molecule has 2 atom stereocenters. The molecule has 2 bridgehead atoms. The topological polar surface area (TPSA) is 78.0 Å². The highest BCUT2D eigenvalue weighted by Crippen LogP contribution is 2.33. The first-order valence-electron chi connectivity index (χ1n) is 7.86. The molecule has 0 aliphatic carbocycles. The number of nitrogens with zero attached hydrogens (tertiary/aromatic N) is 5. The fourth-order valence-corrected chi connectivity index (χ4v) is 3.31. The number of hydrogen-bond acceptors (Lipinski definition) is 5. The Bertz CT molecular complexity index is 696. The number of nitrogens with one attached hydrogen (secondary N) is 1. The number of carbonyl (C=O) groups excluding carboxylic acids is 1. The van der Waals surface area contributed by atoms with Crippen molar-refractivity contribution >= 4 is 22.9 Å². The average Bonchev–Trinajstić information content (AvgIpc) is 3.08. The van der Waals surface area contributed by atoms with Gasteiger partial charge in [-0.3, -0.25) is 9.89 Å². The normalized spacial score (nSPS) is 23.7. The van der Waals surface area contributed by atoms with E-state index >= 15 is 0 Å². The summed E-state index contributed by atoms with van der Waals surface area (Å²) in [6.45, 7) is 6.69. The van der Waals surface area contributed by atoms with Crippen molar-refractivity contribution < 1.29 is 4.79 Å². The van der Waals surface area contributed by atoms with E-state index in [0.717, 1.165) is 36.1 Å². The van der Waals surface area contributed by atoms with Crippen LogP contribution in [0.1, 0.15) is 32.4 Å². The van der Waals surface area contributed by atoms with Gasteiger partial charge in [0.2, 0.25) is 11.9 Å². The summed E-state index contributed by atoms with van der Waals surface area (Å²) >= 11 is 0. The van der Waals surface area contributed by atoms with Crippen LogP contribution in [0, 0.1) is 6.92 Å². The smallest absolute Gasteiger partial charge is 0.245 e. The minimum Gasteiger partial charge on any atom is -0.342 e. The number of rotatable bonds is 1. The third kappa shape index (κ3) is 2.12. The number of anilines is 1. The van der Waals surface area contributed by atoms with Crippen LogP contribution in [-0.4, -0.2) is 56.6 Å². The number of amides is 1. The summed E-state index contributed by atoms with van der Waals surface area (Å²) in [6, 6.07) is 0.218. The summed E-state index contributed by atoms with van der Waals surface area (Å²) < 4.78 is 0. The largest absolute Gasteiger partial charge is 0.342 e. The maximum absolute atomic E-state index is 12.3. The molecule has 2 aromatic heterocycles. The first-order valence-corrected chi connectivity index (χ1v) is 7.86. The molecule has 2 aromatic rings. The number of H-pyrrole nitrogens is 1. The Kier molecular flexibility index (Phi) is 3.72. The minimum atomic E-state index is -0.108. The van der Waals surface area contributed by atoms with Crippen LogP contribution in [0.15, 0.2) is 6.20 Å². The van der Waals surface area contributed by atoms with Crippen LogP contribution >= 0.6 is 0 Å². The highest BCUT2D eigenvalue weighted by molar-refractivity contribution is 5.87. The van der Waals surface area contributed by atoms with E-state index in [2.05, 4.69) is 25.1 Å². The lowest BCUT2D eigenvalue weighted by Gasteiger charge is -2.38. The zero-order valence-electron chi connectivity index (χ0n) is 13.5. The molecule has 2 aliphatic rings. The third-order valence-electron chi connectivity index (χ3n) is 4.34. The Balaban J connectivity index is 0.000000693. The highest BCUT2D eigenvalue weighted by Gasteiger charge is 2.45. The maximum Gasteiger partial charge on any atom is 0.245 e. The van der Waals surface area contributed by atoms with Crippen molar-refractivity contribution in [3.63, 3.8) is 0 Å². The first-order chi connectivity index (χ1) is 10.6. The van der Waals surface area contributed by atoms with Crippen molar-refractivity contribution in [1.29, 1.82) is 0 Å². The van der Waals surface area contributed by atoms with Crippen LogP contribution in [0.4, 0.5) is 5.95 Å². The lowest BCUT2D eigenvalue weighted by molar-refractivity contribution is -0.132. The summed E-state index contributed by atoms with van der Waals surface area (Å²) in [5.74, 6) is 0.822. The van der Waals surface area contributed by atoms with Gasteiger partial charge in [-0.25, -0.2) is 9.97 Å². The van der Waals surface area contributed by atoms with Gasteiger partial charge in [-0.15, -0.1) is 0 Å². The molecule has 1 N–H and O–H groups in total. The molecule has 118 valence electrons. The van der Waals surface area contributed by atoms with Crippen LogP contribution in [0.5, 0.6) is 0 Å². The highest BCUT2D eigenvalue weighted by atomic mass is 16.2. The molecular formula is C15H22N6O. The van der Waals surface area contributed by atoms with E-state index in [1.807, 2.05) is 32.7 Å². The molecule has 0 aromatic carbocycles. The molecule has 7 heteroatoms. The second kappa shape index (κ2) is 5.55. The van der Waals surface area contributed by atoms with Gasteiger partial charge in [0.15, 0.2) is 0 Å². The van der Waals surface area contributed by atoms with Crippen LogP contribution in [0.3, 0.4) is 0 Å². The third-order valence-corrected chi connectivity index (χ3v) is 4.34. The van der Waals surface area contributed by atoms with Crippen molar-refractivity contribution in [3.8, 4) is 0 Å². The number of piperazine rings is 1. The molecule has 1 amide bonds. The Morgan fingerprint density at radius 1 is 1.32 bits per heavy atom. The minimum absolute atomic E-state index is 0.108.